The fourth-order valence-electron chi connectivity index (χ4n) is 3.34. The predicted molar refractivity (Wildman–Crippen MR) is 105 cm³/mol. The molecule has 144 valence electrons. The van der Waals surface area contributed by atoms with Gasteiger partial charge in [-0.15, -0.1) is 0 Å². The van der Waals surface area contributed by atoms with Gasteiger partial charge < -0.3 is 21.1 Å². The van der Waals surface area contributed by atoms with E-state index in [4.69, 9.17) is 27.8 Å². The number of rotatable bonds is 4. The molecule has 7 heteroatoms. The molecule has 1 heterocycles. The maximum absolute atomic E-state index is 14.8. The van der Waals surface area contributed by atoms with E-state index in [0.29, 0.717) is 35.0 Å². The fraction of sp³-hybridized carbons (Fsp3) is 0.350. The highest BCUT2D eigenvalue weighted by Crippen LogP contribution is 2.42. The Morgan fingerprint density at radius 2 is 2.04 bits per heavy atom. The zero-order valence-electron chi connectivity index (χ0n) is 15.6. The molecule has 2 aromatic rings. The number of hydrogen-bond acceptors (Lipinski definition) is 4. The predicted octanol–water partition coefficient (Wildman–Crippen LogP) is 3.27. The summed E-state index contributed by atoms with van der Waals surface area (Å²) in [6, 6.07) is 5.94. The Bertz CT molecular complexity index is 895. The van der Waals surface area contributed by atoms with Gasteiger partial charge in [-0.1, -0.05) is 17.7 Å². The maximum Gasteiger partial charge on any atom is 0.256 e. The summed E-state index contributed by atoms with van der Waals surface area (Å²) in [5, 5.41) is 0.522. The zero-order valence-corrected chi connectivity index (χ0v) is 16.3. The molecule has 1 atom stereocenters. The van der Waals surface area contributed by atoms with E-state index in [9.17, 15) is 9.18 Å². The van der Waals surface area contributed by atoms with E-state index < -0.39 is 5.82 Å². The van der Waals surface area contributed by atoms with Crippen LogP contribution in [-0.4, -0.2) is 37.0 Å². The van der Waals surface area contributed by atoms with E-state index in [1.807, 2.05) is 13.8 Å². The largest absolute Gasteiger partial charge is 0.496 e. The van der Waals surface area contributed by atoms with Crippen molar-refractivity contribution < 1.29 is 13.9 Å². The minimum absolute atomic E-state index is 0.0247. The Morgan fingerprint density at radius 1 is 1.37 bits per heavy atom. The summed E-state index contributed by atoms with van der Waals surface area (Å²) < 4.78 is 20.3. The highest BCUT2D eigenvalue weighted by atomic mass is 35.5. The number of ether oxygens (including phenoxy) is 1. The summed E-state index contributed by atoms with van der Waals surface area (Å²) in [5.41, 5.74) is 14.5. The second-order valence-electron chi connectivity index (χ2n) is 6.93. The Morgan fingerprint density at radius 3 is 2.56 bits per heavy atom. The van der Waals surface area contributed by atoms with Gasteiger partial charge in [0.1, 0.15) is 11.6 Å². The minimum Gasteiger partial charge on any atom is -0.496 e. The van der Waals surface area contributed by atoms with Crippen LogP contribution in [0.15, 0.2) is 24.3 Å². The molecule has 1 saturated heterocycles. The van der Waals surface area contributed by atoms with Crippen LogP contribution in [0.4, 0.5) is 4.39 Å². The normalized spacial score (nSPS) is 15.4. The summed E-state index contributed by atoms with van der Waals surface area (Å²) in [6.07, 6.45) is 0. The molecule has 2 aromatic carbocycles. The van der Waals surface area contributed by atoms with Gasteiger partial charge in [0.05, 0.1) is 12.7 Å². The average molecular weight is 392 g/mol. The van der Waals surface area contributed by atoms with Crippen LogP contribution in [0.5, 0.6) is 5.75 Å². The van der Waals surface area contributed by atoms with Crippen LogP contribution in [0.2, 0.25) is 5.02 Å². The Labute approximate surface area is 163 Å². The third kappa shape index (κ3) is 3.52. The summed E-state index contributed by atoms with van der Waals surface area (Å²) >= 11 is 6.37. The molecule has 5 nitrogen and oxygen atoms in total. The third-order valence-corrected chi connectivity index (χ3v) is 5.28. The Kier molecular flexibility index (Phi) is 5.42. The van der Waals surface area contributed by atoms with E-state index in [0.717, 1.165) is 11.1 Å². The van der Waals surface area contributed by atoms with Crippen molar-refractivity contribution in [1.82, 2.24) is 4.90 Å². The van der Waals surface area contributed by atoms with Crippen LogP contribution in [0.3, 0.4) is 0 Å². The summed E-state index contributed by atoms with van der Waals surface area (Å²) in [6.45, 7) is 4.55. The summed E-state index contributed by atoms with van der Waals surface area (Å²) in [4.78, 5) is 13.9. The van der Waals surface area contributed by atoms with Crippen LogP contribution < -0.4 is 16.2 Å². The quantitative estimate of drug-likeness (QED) is 0.838. The van der Waals surface area contributed by atoms with Gasteiger partial charge in [-0.25, -0.2) is 4.39 Å². The van der Waals surface area contributed by atoms with Crippen molar-refractivity contribution in [1.29, 1.82) is 0 Å². The number of methoxy groups -OCH3 is 1. The number of amides is 1. The van der Waals surface area contributed by atoms with Crippen LogP contribution >= 0.6 is 11.6 Å². The van der Waals surface area contributed by atoms with Gasteiger partial charge in [0.2, 0.25) is 0 Å². The van der Waals surface area contributed by atoms with E-state index >= 15 is 0 Å². The molecule has 0 radical (unpaired) electrons. The first-order chi connectivity index (χ1) is 12.7. The lowest BCUT2D eigenvalue weighted by Crippen LogP contribution is -2.57. The van der Waals surface area contributed by atoms with Crippen molar-refractivity contribution in [3.8, 4) is 16.9 Å². The van der Waals surface area contributed by atoms with Gasteiger partial charge in [-0.3, -0.25) is 4.79 Å². The number of likely N-dealkylation sites (tertiary alicyclic amines) is 1. The van der Waals surface area contributed by atoms with Gasteiger partial charge in [0, 0.05) is 41.3 Å². The first kappa shape index (κ1) is 19.6. The summed E-state index contributed by atoms with van der Waals surface area (Å²) in [5.74, 6) is -0.396. The standard InChI is InChI=1S/C20H23ClFN3O2/c1-10-16(21)7-15(11(2)23)19(27-3)18(10)12-4-5-14(17(22)6-12)20(26)25-8-13(24)9-25/h4-7,11,13H,8-9,23-24H2,1-3H3. The van der Waals surface area contributed by atoms with Crippen molar-refractivity contribution >= 4 is 17.5 Å². The zero-order chi connectivity index (χ0) is 19.9. The molecule has 1 aliphatic heterocycles. The molecule has 0 bridgehead atoms. The number of hydrogen-bond donors (Lipinski definition) is 2. The molecule has 1 fully saturated rings. The number of carbonyl (C=O) groups excluding carboxylic acids is 1. The topological polar surface area (TPSA) is 81.6 Å². The van der Waals surface area contributed by atoms with E-state index in [1.165, 1.54) is 17.0 Å². The first-order valence-electron chi connectivity index (χ1n) is 8.72. The van der Waals surface area contributed by atoms with Gasteiger partial charge in [0.15, 0.2) is 0 Å². The molecule has 1 amide bonds. The smallest absolute Gasteiger partial charge is 0.256 e. The molecule has 0 aromatic heterocycles. The lowest BCUT2D eigenvalue weighted by Gasteiger charge is -2.36. The molecule has 1 unspecified atom stereocenters. The number of carbonyl (C=O) groups is 1. The number of nitrogens with two attached hydrogens (primary N) is 2. The molecule has 0 aliphatic carbocycles. The molecule has 3 rings (SSSR count). The van der Waals surface area contributed by atoms with Gasteiger partial charge in [0.25, 0.3) is 5.91 Å². The molecular weight excluding hydrogens is 369 g/mol. The van der Waals surface area contributed by atoms with E-state index in [1.54, 1.807) is 19.2 Å². The number of benzene rings is 2. The molecule has 1 aliphatic rings. The molecule has 0 saturated carbocycles. The van der Waals surface area contributed by atoms with Crippen molar-refractivity contribution in [2.24, 2.45) is 11.5 Å². The lowest BCUT2D eigenvalue weighted by molar-refractivity contribution is 0.0603. The third-order valence-electron chi connectivity index (χ3n) is 4.88. The highest BCUT2D eigenvalue weighted by molar-refractivity contribution is 6.32. The second-order valence-corrected chi connectivity index (χ2v) is 7.34. The van der Waals surface area contributed by atoms with Crippen molar-refractivity contribution in [3.63, 3.8) is 0 Å². The highest BCUT2D eigenvalue weighted by Gasteiger charge is 2.30. The summed E-state index contributed by atoms with van der Waals surface area (Å²) in [7, 11) is 1.54. The van der Waals surface area contributed by atoms with Crippen molar-refractivity contribution in [2.75, 3.05) is 20.2 Å². The average Bonchev–Trinajstić information content (AvgIpc) is 2.59. The Hall–Kier alpha value is -2.15. The van der Waals surface area contributed by atoms with Crippen molar-refractivity contribution in [2.45, 2.75) is 25.9 Å². The van der Waals surface area contributed by atoms with Gasteiger partial charge >= 0.3 is 0 Å². The minimum atomic E-state index is -0.596. The van der Waals surface area contributed by atoms with Crippen LogP contribution in [-0.2, 0) is 0 Å². The lowest BCUT2D eigenvalue weighted by atomic mass is 9.93. The number of nitrogens with zero attached hydrogens (tertiary/aromatic N) is 1. The van der Waals surface area contributed by atoms with E-state index in [-0.39, 0.29) is 23.6 Å². The van der Waals surface area contributed by atoms with Crippen LogP contribution in [0, 0.1) is 12.7 Å². The maximum atomic E-state index is 14.8. The first-order valence-corrected chi connectivity index (χ1v) is 9.09. The second kappa shape index (κ2) is 7.46. The van der Waals surface area contributed by atoms with Crippen molar-refractivity contribution in [3.05, 3.63) is 51.8 Å². The van der Waals surface area contributed by atoms with Gasteiger partial charge in [-0.05, 0) is 43.2 Å². The van der Waals surface area contributed by atoms with Crippen LogP contribution in [0.25, 0.3) is 11.1 Å². The Balaban J connectivity index is 2.07. The number of halogens is 2. The fourth-order valence-corrected chi connectivity index (χ4v) is 3.56. The van der Waals surface area contributed by atoms with Gasteiger partial charge in [-0.2, -0.15) is 0 Å². The molecule has 4 N–H and O–H groups in total. The molecule has 27 heavy (non-hydrogen) atoms. The molecular formula is C20H23ClFN3O2. The molecule has 0 spiro atoms. The monoisotopic (exact) mass is 391 g/mol. The van der Waals surface area contributed by atoms with Crippen LogP contribution in [0.1, 0.15) is 34.5 Å². The SMILES string of the molecule is COc1c(C(C)N)cc(Cl)c(C)c1-c1ccc(C(=O)N2CC(N)C2)c(F)c1. The van der Waals surface area contributed by atoms with E-state index in [2.05, 4.69) is 0 Å².